The van der Waals surface area contributed by atoms with Gasteiger partial charge in [0.05, 0.1) is 11.7 Å². The minimum atomic E-state index is -0.711. The molecule has 3 N–H and O–H groups in total. The SMILES string of the molecule is CN(C)C(=O)c1nccc(Nc2c(N[C@@H](C#Cc3ccn(C)n3)C3(C)CCCC3)c(=O)c2=O)c1O. The van der Waals surface area contributed by atoms with Crippen molar-refractivity contribution >= 4 is 23.0 Å². The minimum absolute atomic E-state index is 0.0194. The van der Waals surface area contributed by atoms with E-state index >= 15 is 0 Å². The lowest BCUT2D eigenvalue weighted by Gasteiger charge is -2.32. The van der Waals surface area contributed by atoms with Crippen molar-refractivity contribution < 1.29 is 9.90 Å². The maximum atomic E-state index is 12.5. The molecule has 2 heterocycles. The van der Waals surface area contributed by atoms with Crippen LogP contribution in [0.2, 0.25) is 0 Å². The Kier molecular flexibility index (Phi) is 6.35. The van der Waals surface area contributed by atoms with Gasteiger partial charge in [-0.2, -0.15) is 5.10 Å². The number of anilines is 3. The van der Waals surface area contributed by atoms with Gasteiger partial charge in [-0.15, -0.1) is 0 Å². The predicted molar refractivity (Wildman–Crippen MR) is 133 cm³/mol. The van der Waals surface area contributed by atoms with E-state index in [2.05, 4.69) is 39.5 Å². The Balaban J connectivity index is 1.65. The Morgan fingerprint density at radius 1 is 1.20 bits per heavy atom. The van der Waals surface area contributed by atoms with Gasteiger partial charge in [0.15, 0.2) is 11.4 Å². The lowest BCUT2D eigenvalue weighted by molar-refractivity contribution is 0.0819. The van der Waals surface area contributed by atoms with Crippen LogP contribution >= 0.6 is 0 Å². The number of hydrogen-bond donors (Lipinski definition) is 3. The van der Waals surface area contributed by atoms with Gasteiger partial charge in [-0.05, 0) is 36.3 Å². The van der Waals surface area contributed by atoms with Gasteiger partial charge in [0.25, 0.3) is 16.8 Å². The number of nitrogens with one attached hydrogen (secondary N) is 2. The summed E-state index contributed by atoms with van der Waals surface area (Å²) in [5.74, 6) is 5.41. The summed E-state index contributed by atoms with van der Waals surface area (Å²) >= 11 is 0. The topological polar surface area (TPSA) is 129 Å². The van der Waals surface area contributed by atoms with Gasteiger partial charge in [0, 0.05) is 33.5 Å². The summed E-state index contributed by atoms with van der Waals surface area (Å²) in [6.45, 7) is 2.12. The lowest BCUT2D eigenvalue weighted by atomic mass is 9.80. The van der Waals surface area contributed by atoms with Gasteiger partial charge in [0.1, 0.15) is 17.1 Å². The molecule has 1 saturated carbocycles. The molecule has 182 valence electrons. The molecule has 1 aliphatic carbocycles. The number of carbonyl (C=O) groups excluding carboxylic acids is 1. The first-order valence-electron chi connectivity index (χ1n) is 11.4. The van der Waals surface area contributed by atoms with Gasteiger partial charge in [-0.1, -0.05) is 25.7 Å². The highest BCUT2D eigenvalue weighted by molar-refractivity contribution is 5.97. The summed E-state index contributed by atoms with van der Waals surface area (Å²) in [5.41, 5.74) is -0.873. The zero-order valence-corrected chi connectivity index (χ0v) is 20.2. The highest BCUT2D eigenvalue weighted by Crippen LogP contribution is 2.42. The Bertz CT molecular complexity index is 1400. The molecule has 1 atom stereocenters. The minimum Gasteiger partial charge on any atom is -0.504 e. The van der Waals surface area contributed by atoms with Crippen LogP contribution in [0.15, 0.2) is 34.1 Å². The number of amides is 1. The van der Waals surface area contributed by atoms with Gasteiger partial charge in [-0.3, -0.25) is 19.1 Å². The molecule has 10 nitrogen and oxygen atoms in total. The second kappa shape index (κ2) is 9.25. The molecule has 0 unspecified atom stereocenters. The third kappa shape index (κ3) is 4.62. The third-order valence-corrected chi connectivity index (χ3v) is 6.49. The van der Waals surface area contributed by atoms with Crippen LogP contribution in [0.1, 0.15) is 48.8 Å². The first-order valence-corrected chi connectivity index (χ1v) is 11.4. The molecule has 3 aromatic rings. The molecule has 0 aliphatic heterocycles. The average molecular weight is 477 g/mol. The second-order valence-electron chi connectivity index (χ2n) is 9.37. The number of pyridine rings is 1. The quantitative estimate of drug-likeness (QED) is 0.364. The summed E-state index contributed by atoms with van der Waals surface area (Å²) in [5, 5.41) is 20.9. The number of aromatic nitrogens is 3. The third-order valence-electron chi connectivity index (χ3n) is 6.49. The van der Waals surface area contributed by atoms with E-state index in [9.17, 15) is 19.5 Å². The molecule has 1 amide bonds. The average Bonchev–Trinajstić information content (AvgIpc) is 3.46. The standard InChI is InChI=1S/C25H28N6O4/c1-25(11-5-6-12-25)17(8-7-15-10-14-31(4)29-15)28-19-18(22(33)23(19)34)27-16-9-13-26-20(21(16)32)24(35)30(2)3/h9-10,13-14,17,28,32H,5-6,11-12H2,1-4H3,(H,26,27)/t17-/m0/s1. The summed E-state index contributed by atoms with van der Waals surface area (Å²) < 4.78 is 1.67. The molecule has 1 fully saturated rings. The highest BCUT2D eigenvalue weighted by atomic mass is 16.3. The summed E-state index contributed by atoms with van der Waals surface area (Å²) in [4.78, 5) is 42.5. The van der Waals surface area contributed by atoms with Crippen LogP contribution < -0.4 is 21.5 Å². The van der Waals surface area contributed by atoms with Gasteiger partial charge in [-0.25, -0.2) is 4.98 Å². The van der Waals surface area contributed by atoms with Crippen molar-refractivity contribution in [1.82, 2.24) is 19.7 Å². The van der Waals surface area contributed by atoms with Crippen molar-refractivity contribution in [3.63, 3.8) is 0 Å². The zero-order valence-electron chi connectivity index (χ0n) is 20.2. The van der Waals surface area contributed by atoms with Gasteiger partial charge < -0.3 is 20.6 Å². The molecule has 1 aliphatic rings. The van der Waals surface area contributed by atoms with Gasteiger partial charge in [0.2, 0.25) is 0 Å². The summed E-state index contributed by atoms with van der Waals surface area (Å²) in [7, 11) is 4.89. The molecule has 10 heteroatoms. The van der Waals surface area contributed by atoms with Crippen molar-refractivity contribution in [2.45, 2.75) is 38.6 Å². The van der Waals surface area contributed by atoms with Crippen molar-refractivity contribution in [3.8, 4) is 17.6 Å². The molecular formula is C25H28N6O4. The molecule has 0 radical (unpaired) electrons. The van der Waals surface area contributed by atoms with Gasteiger partial charge >= 0.3 is 0 Å². The van der Waals surface area contributed by atoms with Crippen LogP contribution in [-0.4, -0.2) is 50.8 Å². The van der Waals surface area contributed by atoms with Crippen molar-refractivity contribution in [2.75, 3.05) is 24.7 Å². The number of hydrogen-bond acceptors (Lipinski definition) is 8. The molecule has 1 aromatic carbocycles. The maximum absolute atomic E-state index is 12.5. The summed E-state index contributed by atoms with van der Waals surface area (Å²) in [6, 6.07) is 2.84. The number of aryl methyl sites for hydroxylation is 1. The van der Waals surface area contributed by atoms with Crippen LogP contribution in [0.4, 0.5) is 17.1 Å². The van der Waals surface area contributed by atoms with E-state index < -0.39 is 28.6 Å². The van der Waals surface area contributed by atoms with Crippen LogP contribution in [-0.2, 0) is 7.05 Å². The van der Waals surface area contributed by atoms with E-state index in [0.717, 1.165) is 25.7 Å². The van der Waals surface area contributed by atoms with E-state index in [4.69, 9.17) is 0 Å². The summed E-state index contributed by atoms with van der Waals surface area (Å²) in [6.07, 6.45) is 7.13. The second-order valence-corrected chi connectivity index (χ2v) is 9.37. The first kappa shape index (κ1) is 24.0. The first-order chi connectivity index (χ1) is 16.6. The normalized spacial score (nSPS) is 15.3. The van der Waals surface area contributed by atoms with Crippen LogP contribution in [0.25, 0.3) is 0 Å². The van der Waals surface area contributed by atoms with Crippen molar-refractivity contribution in [2.24, 2.45) is 12.5 Å². The molecule has 4 rings (SSSR count). The fourth-order valence-electron chi connectivity index (χ4n) is 4.33. The largest absolute Gasteiger partial charge is 0.504 e. The number of rotatable bonds is 6. The predicted octanol–water partition coefficient (Wildman–Crippen LogP) is 1.97. The molecule has 2 aromatic heterocycles. The van der Waals surface area contributed by atoms with Crippen LogP contribution in [0.3, 0.4) is 0 Å². The van der Waals surface area contributed by atoms with E-state index in [0.29, 0.717) is 5.69 Å². The lowest BCUT2D eigenvalue weighted by Crippen LogP contribution is -2.43. The fraction of sp³-hybridized carbons (Fsp3) is 0.400. The van der Waals surface area contributed by atoms with E-state index in [-0.39, 0.29) is 28.2 Å². The highest BCUT2D eigenvalue weighted by Gasteiger charge is 2.38. The molecule has 35 heavy (non-hydrogen) atoms. The van der Waals surface area contributed by atoms with Crippen molar-refractivity contribution in [1.29, 1.82) is 0 Å². The maximum Gasteiger partial charge on any atom is 0.275 e. The van der Waals surface area contributed by atoms with E-state index in [1.54, 1.807) is 10.9 Å². The monoisotopic (exact) mass is 476 g/mol. The fourth-order valence-corrected chi connectivity index (χ4v) is 4.33. The molecular weight excluding hydrogens is 448 g/mol. The van der Waals surface area contributed by atoms with E-state index in [1.165, 1.54) is 31.3 Å². The Morgan fingerprint density at radius 3 is 2.51 bits per heavy atom. The number of carbonyl (C=O) groups is 1. The Morgan fingerprint density at radius 2 is 1.89 bits per heavy atom. The van der Waals surface area contributed by atoms with Crippen LogP contribution in [0.5, 0.6) is 5.75 Å². The van der Waals surface area contributed by atoms with Crippen LogP contribution in [0, 0.1) is 17.3 Å². The van der Waals surface area contributed by atoms with E-state index in [1.807, 2.05) is 13.1 Å². The number of aromatic hydroxyl groups is 1. The smallest absolute Gasteiger partial charge is 0.275 e. The molecule has 0 saturated heterocycles. The Hall–Kier alpha value is -4.13. The number of nitrogens with zero attached hydrogens (tertiary/aromatic N) is 4. The molecule has 0 bridgehead atoms. The zero-order chi connectivity index (χ0) is 25.3. The van der Waals surface area contributed by atoms with Crippen molar-refractivity contribution in [3.05, 3.63) is 56.4 Å². The Labute approximate surface area is 202 Å². The molecule has 0 spiro atoms.